The van der Waals surface area contributed by atoms with Gasteiger partial charge in [0, 0.05) is 22.9 Å². The lowest BCUT2D eigenvalue weighted by Gasteiger charge is -2.06. The van der Waals surface area contributed by atoms with Gasteiger partial charge in [0.1, 0.15) is 10.6 Å². The van der Waals surface area contributed by atoms with Crippen LogP contribution >= 0.6 is 11.3 Å². The molecule has 4 rings (SSSR count). The predicted octanol–water partition coefficient (Wildman–Crippen LogP) is 4.78. The van der Waals surface area contributed by atoms with Crippen LogP contribution in [0, 0.1) is 11.9 Å². The van der Waals surface area contributed by atoms with Crippen molar-refractivity contribution in [3.63, 3.8) is 0 Å². The van der Waals surface area contributed by atoms with E-state index >= 15 is 0 Å². The van der Waals surface area contributed by atoms with Crippen molar-refractivity contribution in [2.24, 2.45) is 0 Å². The maximum Gasteiger partial charge on any atom is 0.124 e. The van der Waals surface area contributed by atoms with Crippen LogP contribution in [0.3, 0.4) is 0 Å². The molecule has 3 heteroatoms. The second-order valence-electron chi connectivity index (χ2n) is 4.92. The lowest BCUT2D eigenvalue weighted by atomic mass is 10.0. The van der Waals surface area contributed by atoms with Crippen molar-refractivity contribution in [3.05, 3.63) is 53.3 Å². The standard InChI is InChI=1S/C16H11FNS/c17-12-5-3-10(4-6-12)14-9-15(11-1-2-11)18-16-13(14)7-8-19-16/h3-8,11H,1-2H2. The monoisotopic (exact) mass is 268 g/mol. The van der Waals surface area contributed by atoms with Crippen LogP contribution in [-0.4, -0.2) is 4.98 Å². The van der Waals surface area contributed by atoms with Crippen LogP contribution in [0.1, 0.15) is 24.5 Å². The number of hydrogen-bond donors (Lipinski definition) is 0. The number of pyridine rings is 1. The second-order valence-corrected chi connectivity index (χ2v) is 5.81. The number of thiophene rings is 1. The van der Waals surface area contributed by atoms with Gasteiger partial charge < -0.3 is 0 Å². The normalized spacial score (nSPS) is 15.0. The summed E-state index contributed by atoms with van der Waals surface area (Å²) in [5.74, 6) is 0.368. The first-order valence-corrected chi connectivity index (χ1v) is 7.25. The number of hydrogen-bond acceptors (Lipinski definition) is 2. The van der Waals surface area contributed by atoms with Crippen molar-refractivity contribution >= 4 is 21.6 Å². The Hall–Kier alpha value is -1.74. The minimum absolute atomic E-state index is 0.207. The van der Waals surface area contributed by atoms with Gasteiger partial charge in [-0.2, -0.15) is 0 Å². The largest absolute Gasteiger partial charge is 0.241 e. The van der Waals surface area contributed by atoms with Crippen LogP contribution in [0.2, 0.25) is 0 Å². The smallest absolute Gasteiger partial charge is 0.124 e. The highest BCUT2D eigenvalue weighted by Gasteiger charge is 2.26. The van der Waals surface area contributed by atoms with Crippen LogP contribution in [-0.2, 0) is 0 Å². The molecule has 0 amide bonds. The van der Waals surface area contributed by atoms with Crippen molar-refractivity contribution in [2.75, 3.05) is 0 Å². The van der Waals surface area contributed by atoms with Gasteiger partial charge in [0.15, 0.2) is 0 Å². The fraction of sp³-hybridized carbons (Fsp3) is 0.188. The third-order valence-corrected chi connectivity index (χ3v) is 4.29. The Balaban J connectivity index is 1.95. The van der Waals surface area contributed by atoms with E-state index in [1.54, 1.807) is 11.3 Å². The average Bonchev–Trinajstić information content (AvgIpc) is 3.17. The molecule has 1 aliphatic carbocycles. The molecule has 1 aromatic carbocycles. The molecule has 0 spiro atoms. The molecular weight excluding hydrogens is 257 g/mol. The first-order valence-electron chi connectivity index (χ1n) is 6.37. The molecule has 0 unspecified atom stereocenters. The van der Waals surface area contributed by atoms with Crippen LogP contribution < -0.4 is 0 Å². The molecule has 1 aliphatic rings. The average molecular weight is 268 g/mol. The molecule has 0 atom stereocenters. The second kappa shape index (κ2) is 4.14. The van der Waals surface area contributed by atoms with Gasteiger partial charge in [-0.05, 0) is 42.0 Å². The summed E-state index contributed by atoms with van der Waals surface area (Å²) in [7, 11) is 0. The van der Waals surface area contributed by atoms with E-state index in [1.807, 2.05) is 12.1 Å². The summed E-state index contributed by atoms with van der Waals surface area (Å²) in [5.41, 5.74) is 3.12. The van der Waals surface area contributed by atoms with Crippen LogP contribution in [0.15, 0.2) is 35.7 Å². The van der Waals surface area contributed by atoms with Gasteiger partial charge in [-0.15, -0.1) is 11.3 Å². The van der Waals surface area contributed by atoms with Crippen molar-refractivity contribution in [2.45, 2.75) is 18.8 Å². The maximum atomic E-state index is 13.1. The molecule has 0 aliphatic heterocycles. The molecule has 3 aromatic rings. The van der Waals surface area contributed by atoms with Crippen molar-refractivity contribution in [1.82, 2.24) is 4.98 Å². The van der Waals surface area contributed by atoms with E-state index in [0.29, 0.717) is 5.92 Å². The Morgan fingerprint density at radius 1 is 1.16 bits per heavy atom. The van der Waals surface area contributed by atoms with E-state index in [9.17, 15) is 4.39 Å². The Kier molecular flexibility index (Phi) is 2.42. The number of aromatic nitrogens is 1. The molecule has 0 saturated heterocycles. The van der Waals surface area contributed by atoms with E-state index in [-0.39, 0.29) is 5.82 Å². The van der Waals surface area contributed by atoms with Gasteiger partial charge in [-0.25, -0.2) is 9.37 Å². The minimum Gasteiger partial charge on any atom is -0.241 e. The van der Waals surface area contributed by atoms with E-state index < -0.39 is 0 Å². The highest BCUT2D eigenvalue weighted by atomic mass is 32.1. The van der Waals surface area contributed by atoms with Gasteiger partial charge in [-0.1, -0.05) is 12.1 Å². The summed E-state index contributed by atoms with van der Waals surface area (Å²) >= 11 is 1.65. The molecule has 2 heterocycles. The first-order chi connectivity index (χ1) is 9.31. The SMILES string of the molecule is Fc1ccc(-c2[c]c(C3CC3)nc3sccc23)cc1. The number of rotatable bonds is 2. The van der Waals surface area contributed by atoms with Crippen molar-refractivity contribution < 1.29 is 4.39 Å². The van der Waals surface area contributed by atoms with Crippen molar-refractivity contribution in [3.8, 4) is 11.1 Å². The fourth-order valence-corrected chi connectivity index (χ4v) is 3.09. The molecular formula is C16H11FNS. The first kappa shape index (κ1) is 11.1. The van der Waals surface area contributed by atoms with Gasteiger partial charge in [0.05, 0.1) is 5.69 Å². The number of benzene rings is 1. The molecule has 1 radical (unpaired) electrons. The van der Waals surface area contributed by atoms with Crippen molar-refractivity contribution in [1.29, 1.82) is 0 Å². The number of fused-ring (bicyclic) bond motifs is 1. The molecule has 2 aromatic heterocycles. The molecule has 1 saturated carbocycles. The lowest BCUT2D eigenvalue weighted by molar-refractivity contribution is 0.628. The van der Waals surface area contributed by atoms with Crippen LogP contribution in [0.4, 0.5) is 4.39 Å². The zero-order valence-electron chi connectivity index (χ0n) is 10.2. The minimum atomic E-state index is -0.207. The topological polar surface area (TPSA) is 12.9 Å². The third kappa shape index (κ3) is 1.94. The number of halogens is 1. The quantitative estimate of drug-likeness (QED) is 0.651. The maximum absolute atomic E-state index is 13.1. The van der Waals surface area contributed by atoms with E-state index in [0.717, 1.165) is 27.0 Å². The predicted molar refractivity (Wildman–Crippen MR) is 75.8 cm³/mol. The molecule has 93 valence electrons. The van der Waals surface area contributed by atoms with Crippen LogP contribution in [0.25, 0.3) is 21.3 Å². The van der Waals surface area contributed by atoms with E-state index in [4.69, 9.17) is 0 Å². The highest BCUT2D eigenvalue weighted by molar-refractivity contribution is 7.16. The third-order valence-electron chi connectivity index (χ3n) is 3.49. The Labute approximate surface area is 114 Å². The molecule has 19 heavy (non-hydrogen) atoms. The molecule has 1 fully saturated rings. The summed E-state index contributed by atoms with van der Waals surface area (Å²) in [6.07, 6.45) is 2.42. The zero-order valence-corrected chi connectivity index (χ0v) is 11.0. The summed E-state index contributed by atoms with van der Waals surface area (Å²) in [4.78, 5) is 5.75. The van der Waals surface area contributed by atoms with Gasteiger partial charge in [0.25, 0.3) is 0 Å². The van der Waals surface area contributed by atoms with E-state index in [1.165, 1.54) is 25.0 Å². The number of nitrogens with zero attached hydrogens (tertiary/aromatic N) is 1. The van der Waals surface area contributed by atoms with E-state index in [2.05, 4.69) is 22.5 Å². The lowest BCUT2D eigenvalue weighted by Crippen LogP contribution is -1.90. The fourth-order valence-electron chi connectivity index (χ4n) is 2.31. The summed E-state index contributed by atoms with van der Waals surface area (Å²) in [5, 5.41) is 3.16. The molecule has 1 nitrogen and oxygen atoms in total. The van der Waals surface area contributed by atoms with Crippen LogP contribution in [0.5, 0.6) is 0 Å². The summed E-state index contributed by atoms with van der Waals surface area (Å²) in [6, 6.07) is 12.1. The Morgan fingerprint density at radius 3 is 2.68 bits per heavy atom. The molecule has 0 bridgehead atoms. The summed E-state index contributed by atoms with van der Waals surface area (Å²) < 4.78 is 13.1. The Bertz CT molecular complexity index is 741. The zero-order chi connectivity index (χ0) is 12.8. The summed E-state index contributed by atoms with van der Waals surface area (Å²) in [6.45, 7) is 0. The highest BCUT2D eigenvalue weighted by Crippen LogP contribution is 2.42. The Morgan fingerprint density at radius 2 is 1.95 bits per heavy atom. The molecule has 0 N–H and O–H groups in total. The van der Waals surface area contributed by atoms with Gasteiger partial charge in [-0.3, -0.25) is 0 Å². The van der Waals surface area contributed by atoms with Gasteiger partial charge >= 0.3 is 0 Å². The van der Waals surface area contributed by atoms with Gasteiger partial charge in [0.2, 0.25) is 0 Å².